The Labute approximate surface area is 181 Å². The van der Waals surface area contributed by atoms with E-state index in [9.17, 15) is 10.1 Å². The second-order valence-corrected chi connectivity index (χ2v) is 7.14. The topological polar surface area (TPSA) is 106 Å². The molecule has 0 fully saturated rings. The molecule has 0 saturated heterocycles. The molecule has 8 nitrogen and oxygen atoms in total. The lowest BCUT2D eigenvalue weighted by atomic mass is 10.1. The molecule has 2 aromatic carbocycles. The summed E-state index contributed by atoms with van der Waals surface area (Å²) in [5.74, 6) is 0.0135. The molecule has 0 aliphatic carbocycles. The molecule has 10 heteroatoms. The Morgan fingerprint density at radius 3 is 2.33 bits per heavy atom. The highest BCUT2D eigenvalue weighted by atomic mass is 35.5. The van der Waals surface area contributed by atoms with Crippen molar-refractivity contribution in [3.63, 3.8) is 0 Å². The van der Waals surface area contributed by atoms with Gasteiger partial charge in [0.15, 0.2) is 0 Å². The van der Waals surface area contributed by atoms with E-state index in [-0.39, 0.29) is 22.3 Å². The number of nitrogens with zero attached hydrogens (tertiary/aromatic N) is 4. The number of benzene rings is 2. The Balaban J connectivity index is 1.77. The Morgan fingerprint density at radius 2 is 1.60 bits per heavy atom. The minimum atomic E-state index is -0.559. The van der Waals surface area contributed by atoms with Crippen LogP contribution in [0.5, 0.6) is 0 Å². The number of hydrogen-bond donors (Lipinski definition) is 2. The van der Waals surface area contributed by atoms with Crippen molar-refractivity contribution in [1.29, 1.82) is 0 Å². The van der Waals surface area contributed by atoms with Crippen molar-refractivity contribution in [1.82, 2.24) is 15.0 Å². The Kier molecular flexibility index (Phi) is 5.35. The van der Waals surface area contributed by atoms with Gasteiger partial charge in [0, 0.05) is 16.8 Å². The number of halogens is 2. The van der Waals surface area contributed by atoms with Crippen molar-refractivity contribution < 1.29 is 4.92 Å². The van der Waals surface area contributed by atoms with Gasteiger partial charge in [0.05, 0.1) is 26.2 Å². The van der Waals surface area contributed by atoms with Crippen LogP contribution in [-0.2, 0) is 0 Å². The van der Waals surface area contributed by atoms with Crippen LogP contribution in [0.3, 0.4) is 0 Å². The first-order valence-corrected chi connectivity index (χ1v) is 9.53. The number of anilines is 4. The van der Waals surface area contributed by atoms with Gasteiger partial charge in [0.1, 0.15) is 6.33 Å². The fourth-order valence-corrected chi connectivity index (χ4v) is 3.30. The third kappa shape index (κ3) is 3.83. The van der Waals surface area contributed by atoms with Gasteiger partial charge in [-0.05, 0) is 43.3 Å². The molecule has 2 N–H and O–H groups in total. The highest BCUT2D eigenvalue weighted by Crippen LogP contribution is 2.37. The van der Waals surface area contributed by atoms with Crippen LogP contribution in [0.1, 0.15) is 5.69 Å². The van der Waals surface area contributed by atoms with E-state index in [1.54, 1.807) is 24.3 Å². The lowest BCUT2D eigenvalue weighted by Crippen LogP contribution is -2.06. The summed E-state index contributed by atoms with van der Waals surface area (Å²) in [6.45, 7) is 1.90. The van der Waals surface area contributed by atoms with Crippen molar-refractivity contribution >= 4 is 62.8 Å². The lowest BCUT2D eigenvalue weighted by Gasteiger charge is -2.12. The molecule has 0 saturated carbocycles. The molecule has 0 amide bonds. The van der Waals surface area contributed by atoms with Crippen molar-refractivity contribution in [2.45, 2.75) is 6.92 Å². The molecule has 0 aliphatic rings. The number of fused-ring (bicyclic) bond motifs is 1. The number of rotatable bonds is 5. The zero-order valence-electron chi connectivity index (χ0n) is 15.6. The second kappa shape index (κ2) is 8.10. The summed E-state index contributed by atoms with van der Waals surface area (Å²) in [4.78, 5) is 23.9. The van der Waals surface area contributed by atoms with Gasteiger partial charge in [-0.1, -0.05) is 35.3 Å². The molecule has 0 aliphatic heterocycles. The molecule has 2 heterocycles. The SMILES string of the molecule is Cc1ccc2c(Nc3ncnc(Nc4cccc(Cl)c4Cl)c3[N+](=O)[O-])cccc2n1. The van der Waals surface area contributed by atoms with E-state index in [0.717, 1.165) is 16.6 Å². The van der Waals surface area contributed by atoms with E-state index in [1.807, 2.05) is 31.2 Å². The van der Waals surface area contributed by atoms with Crippen LogP contribution in [0.15, 0.2) is 54.9 Å². The smallest absolute Gasteiger partial charge is 0.334 e. The second-order valence-electron chi connectivity index (χ2n) is 6.35. The summed E-state index contributed by atoms with van der Waals surface area (Å²) in [5.41, 5.74) is 2.33. The number of nitro groups is 1. The molecule has 4 aromatic rings. The fraction of sp³-hybridized carbons (Fsp3) is 0.0500. The van der Waals surface area contributed by atoms with E-state index in [2.05, 4.69) is 25.6 Å². The summed E-state index contributed by atoms with van der Waals surface area (Å²) in [6, 6.07) is 14.2. The quantitative estimate of drug-likeness (QED) is 0.287. The number of pyridine rings is 1. The first-order chi connectivity index (χ1) is 14.4. The van der Waals surface area contributed by atoms with E-state index in [4.69, 9.17) is 23.2 Å². The monoisotopic (exact) mass is 440 g/mol. The van der Waals surface area contributed by atoms with Crippen molar-refractivity contribution in [2.24, 2.45) is 0 Å². The third-order valence-corrected chi connectivity index (χ3v) is 5.15. The first kappa shape index (κ1) is 19.8. The zero-order valence-corrected chi connectivity index (χ0v) is 17.1. The Morgan fingerprint density at radius 1 is 0.933 bits per heavy atom. The van der Waals surface area contributed by atoms with Gasteiger partial charge in [0.2, 0.25) is 11.6 Å². The van der Waals surface area contributed by atoms with Crippen LogP contribution < -0.4 is 10.6 Å². The van der Waals surface area contributed by atoms with E-state index in [1.165, 1.54) is 6.33 Å². The van der Waals surface area contributed by atoms with Gasteiger partial charge in [-0.3, -0.25) is 15.1 Å². The third-order valence-electron chi connectivity index (χ3n) is 4.33. The summed E-state index contributed by atoms with van der Waals surface area (Å²) in [5, 5.41) is 19.1. The molecular weight excluding hydrogens is 427 g/mol. The number of nitrogens with one attached hydrogen (secondary N) is 2. The summed E-state index contributed by atoms with van der Waals surface area (Å²) in [6.07, 6.45) is 1.23. The van der Waals surface area contributed by atoms with Crippen LogP contribution >= 0.6 is 23.2 Å². The van der Waals surface area contributed by atoms with Crippen LogP contribution in [0, 0.1) is 17.0 Å². The molecule has 30 heavy (non-hydrogen) atoms. The lowest BCUT2D eigenvalue weighted by molar-refractivity contribution is -0.383. The summed E-state index contributed by atoms with van der Waals surface area (Å²) in [7, 11) is 0. The maximum atomic E-state index is 11.9. The van der Waals surface area contributed by atoms with Crippen LogP contribution in [0.25, 0.3) is 10.9 Å². The van der Waals surface area contributed by atoms with Gasteiger partial charge in [-0.2, -0.15) is 0 Å². The normalized spacial score (nSPS) is 10.8. The molecule has 0 atom stereocenters. The van der Waals surface area contributed by atoms with Gasteiger partial charge in [-0.25, -0.2) is 9.97 Å². The molecule has 0 bridgehead atoms. The zero-order chi connectivity index (χ0) is 21.3. The number of hydrogen-bond acceptors (Lipinski definition) is 7. The largest absolute Gasteiger partial charge is 0.353 e. The summed E-state index contributed by atoms with van der Waals surface area (Å²) >= 11 is 12.2. The Bertz CT molecular complexity index is 1280. The van der Waals surface area contributed by atoms with Crippen LogP contribution in [0.4, 0.5) is 28.7 Å². The van der Waals surface area contributed by atoms with Crippen molar-refractivity contribution in [3.8, 4) is 0 Å². The predicted octanol–water partition coefficient (Wildman–Crippen LogP) is 6.04. The average Bonchev–Trinajstić information content (AvgIpc) is 2.71. The average molecular weight is 441 g/mol. The molecule has 0 spiro atoms. The fourth-order valence-electron chi connectivity index (χ4n) is 2.96. The van der Waals surface area contributed by atoms with E-state index < -0.39 is 4.92 Å². The number of aryl methyl sites for hydroxylation is 1. The minimum Gasteiger partial charge on any atom is -0.334 e. The van der Waals surface area contributed by atoms with Crippen molar-refractivity contribution in [3.05, 3.63) is 80.7 Å². The van der Waals surface area contributed by atoms with Gasteiger partial charge < -0.3 is 10.6 Å². The molecule has 0 unspecified atom stereocenters. The minimum absolute atomic E-state index is 0.0177. The Hall–Kier alpha value is -3.49. The summed E-state index contributed by atoms with van der Waals surface area (Å²) < 4.78 is 0. The van der Waals surface area contributed by atoms with E-state index in [0.29, 0.717) is 16.4 Å². The highest BCUT2D eigenvalue weighted by Gasteiger charge is 2.24. The molecular formula is C20H14Cl2N6O2. The standard InChI is InChI=1S/C20H14Cl2N6O2/c1-11-8-9-12-14(25-11)5-3-6-15(12)26-19-18(28(29)30)20(24-10-23-19)27-16-7-2-4-13(21)17(16)22/h2-10H,1H3,(H2,23,24,26,27). The van der Waals surface area contributed by atoms with Crippen LogP contribution in [-0.4, -0.2) is 19.9 Å². The maximum absolute atomic E-state index is 11.9. The highest BCUT2D eigenvalue weighted by molar-refractivity contribution is 6.43. The van der Waals surface area contributed by atoms with Gasteiger partial charge >= 0.3 is 5.69 Å². The maximum Gasteiger partial charge on any atom is 0.353 e. The predicted molar refractivity (Wildman–Crippen MR) is 118 cm³/mol. The molecule has 0 radical (unpaired) electrons. The van der Waals surface area contributed by atoms with Crippen LogP contribution in [0.2, 0.25) is 10.0 Å². The number of aromatic nitrogens is 3. The van der Waals surface area contributed by atoms with Gasteiger partial charge in [-0.15, -0.1) is 0 Å². The van der Waals surface area contributed by atoms with Gasteiger partial charge in [0.25, 0.3) is 0 Å². The first-order valence-electron chi connectivity index (χ1n) is 8.78. The molecule has 4 rings (SSSR count). The molecule has 150 valence electrons. The van der Waals surface area contributed by atoms with E-state index >= 15 is 0 Å². The van der Waals surface area contributed by atoms with Crippen molar-refractivity contribution in [2.75, 3.05) is 10.6 Å². The molecule has 2 aromatic heterocycles.